The first kappa shape index (κ1) is 9.58. The fraction of sp³-hybridized carbons (Fsp3) is 0.182. The largest absolute Gasteiger partial charge is 0.497 e. The van der Waals surface area contributed by atoms with Crippen molar-refractivity contribution in [3.05, 3.63) is 48.3 Å². The first-order valence-corrected chi connectivity index (χ1v) is 4.64. The van der Waals surface area contributed by atoms with Crippen LogP contribution in [0.2, 0.25) is 0 Å². The SMILES string of the molecule is COc1ccc(COn2cccn2)cc1. The molecule has 1 aromatic heterocycles. The summed E-state index contributed by atoms with van der Waals surface area (Å²) >= 11 is 0. The number of nitrogens with zero attached hydrogens (tertiary/aromatic N) is 2. The van der Waals surface area contributed by atoms with Gasteiger partial charge in [-0.3, -0.25) is 0 Å². The quantitative estimate of drug-likeness (QED) is 0.757. The second-order valence-electron chi connectivity index (χ2n) is 3.03. The molecule has 0 aliphatic rings. The molecule has 15 heavy (non-hydrogen) atoms. The first-order valence-electron chi connectivity index (χ1n) is 4.64. The van der Waals surface area contributed by atoms with Crippen molar-refractivity contribution in [2.75, 3.05) is 7.11 Å². The minimum Gasteiger partial charge on any atom is -0.497 e. The van der Waals surface area contributed by atoms with Crippen LogP contribution in [0.25, 0.3) is 0 Å². The third-order valence-corrected chi connectivity index (χ3v) is 2.00. The maximum absolute atomic E-state index is 5.37. The Morgan fingerprint density at radius 2 is 2.07 bits per heavy atom. The van der Waals surface area contributed by atoms with E-state index in [-0.39, 0.29) is 0 Å². The normalized spacial score (nSPS) is 9.93. The lowest BCUT2D eigenvalue weighted by molar-refractivity contribution is 0.0700. The molecule has 2 aromatic rings. The highest BCUT2D eigenvalue weighted by Crippen LogP contribution is 2.11. The zero-order chi connectivity index (χ0) is 10.5. The summed E-state index contributed by atoms with van der Waals surface area (Å²) in [6.07, 6.45) is 3.43. The molecule has 0 fully saturated rings. The lowest BCUT2D eigenvalue weighted by atomic mass is 10.2. The average molecular weight is 204 g/mol. The zero-order valence-corrected chi connectivity index (χ0v) is 8.46. The van der Waals surface area contributed by atoms with E-state index in [0.29, 0.717) is 6.61 Å². The molecule has 2 rings (SSSR count). The van der Waals surface area contributed by atoms with E-state index in [1.165, 1.54) is 4.85 Å². The molecule has 4 heteroatoms. The Hall–Kier alpha value is -1.97. The average Bonchev–Trinajstić information content (AvgIpc) is 2.80. The number of methoxy groups -OCH3 is 1. The predicted molar refractivity (Wildman–Crippen MR) is 55.5 cm³/mol. The predicted octanol–water partition coefficient (Wildman–Crippen LogP) is 1.52. The Morgan fingerprint density at radius 1 is 1.27 bits per heavy atom. The van der Waals surface area contributed by atoms with Crippen LogP contribution in [-0.4, -0.2) is 17.1 Å². The van der Waals surface area contributed by atoms with Gasteiger partial charge in [-0.2, -0.15) is 0 Å². The third-order valence-electron chi connectivity index (χ3n) is 2.00. The number of rotatable bonds is 4. The molecule has 0 unspecified atom stereocenters. The van der Waals surface area contributed by atoms with Gasteiger partial charge in [0.25, 0.3) is 0 Å². The first-order chi connectivity index (χ1) is 7.38. The van der Waals surface area contributed by atoms with E-state index in [9.17, 15) is 0 Å². The van der Waals surface area contributed by atoms with E-state index in [2.05, 4.69) is 5.10 Å². The lowest BCUT2D eigenvalue weighted by Crippen LogP contribution is -2.11. The zero-order valence-electron chi connectivity index (χ0n) is 8.46. The van der Waals surface area contributed by atoms with Crippen molar-refractivity contribution in [3.63, 3.8) is 0 Å². The van der Waals surface area contributed by atoms with Crippen LogP contribution >= 0.6 is 0 Å². The van der Waals surface area contributed by atoms with Crippen LogP contribution in [0.3, 0.4) is 0 Å². The van der Waals surface area contributed by atoms with Gasteiger partial charge in [-0.15, -0.1) is 9.94 Å². The minimum atomic E-state index is 0.492. The Labute approximate surface area is 88.0 Å². The summed E-state index contributed by atoms with van der Waals surface area (Å²) in [6, 6.07) is 9.54. The van der Waals surface area contributed by atoms with Gasteiger partial charge in [0.15, 0.2) is 0 Å². The third kappa shape index (κ3) is 2.49. The summed E-state index contributed by atoms with van der Waals surface area (Å²) in [6.45, 7) is 0.492. The van der Waals surface area contributed by atoms with Crippen molar-refractivity contribution in [3.8, 4) is 5.75 Å². The van der Waals surface area contributed by atoms with Crippen LogP contribution in [0.15, 0.2) is 42.7 Å². The highest BCUT2D eigenvalue weighted by molar-refractivity contribution is 5.26. The van der Waals surface area contributed by atoms with Crippen LogP contribution in [-0.2, 0) is 6.61 Å². The van der Waals surface area contributed by atoms with E-state index in [1.54, 1.807) is 19.5 Å². The molecule has 0 atom stereocenters. The smallest absolute Gasteiger partial charge is 0.142 e. The fourth-order valence-corrected chi connectivity index (χ4v) is 1.19. The molecular weight excluding hydrogens is 192 g/mol. The summed E-state index contributed by atoms with van der Waals surface area (Å²) in [5.74, 6) is 0.845. The molecule has 0 spiro atoms. The summed E-state index contributed by atoms with van der Waals surface area (Å²) in [5.41, 5.74) is 1.08. The van der Waals surface area contributed by atoms with Crippen molar-refractivity contribution in [1.82, 2.24) is 9.94 Å². The van der Waals surface area contributed by atoms with Crippen molar-refractivity contribution in [2.45, 2.75) is 6.61 Å². The Bertz CT molecular complexity index is 395. The van der Waals surface area contributed by atoms with Crippen LogP contribution in [0.5, 0.6) is 5.75 Å². The van der Waals surface area contributed by atoms with Gasteiger partial charge >= 0.3 is 0 Å². The second kappa shape index (κ2) is 4.50. The summed E-state index contributed by atoms with van der Waals surface area (Å²) in [4.78, 5) is 6.81. The standard InChI is InChI=1S/C11H12N2O2/c1-14-11-5-3-10(4-6-11)9-15-13-8-2-7-12-13/h2-8H,9H2,1H3. The molecule has 0 amide bonds. The van der Waals surface area contributed by atoms with E-state index < -0.39 is 0 Å². The van der Waals surface area contributed by atoms with Crippen molar-refractivity contribution >= 4 is 0 Å². The van der Waals surface area contributed by atoms with E-state index >= 15 is 0 Å². The van der Waals surface area contributed by atoms with Gasteiger partial charge in [0.1, 0.15) is 12.4 Å². The molecule has 0 bridgehead atoms. The van der Waals surface area contributed by atoms with Crippen molar-refractivity contribution < 1.29 is 9.57 Å². The molecule has 1 aromatic carbocycles. The number of aromatic nitrogens is 2. The Balaban J connectivity index is 1.93. The van der Waals surface area contributed by atoms with Gasteiger partial charge < -0.3 is 9.57 Å². The van der Waals surface area contributed by atoms with E-state index in [1.807, 2.05) is 30.3 Å². The van der Waals surface area contributed by atoms with Crippen LogP contribution in [0, 0.1) is 0 Å². The molecule has 0 saturated heterocycles. The number of hydrogen-bond donors (Lipinski definition) is 0. The summed E-state index contributed by atoms with van der Waals surface area (Å²) in [7, 11) is 1.65. The molecule has 0 saturated carbocycles. The summed E-state index contributed by atoms with van der Waals surface area (Å²) < 4.78 is 5.06. The molecule has 0 aliphatic heterocycles. The topological polar surface area (TPSA) is 36.3 Å². The Kier molecular flexibility index (Phi) is 2.88. The maximum atomic E-state index is 5.37. The Morgan fingerprint density at radius 3 is 2.67 bits per heavy atom. The molecule has 4 nitrogen and oxygen atoms in total. The fourth-order valence-electron chi connectivity index (χ4n) is 1.19. The number of benzene rings is 1. The van der Waals surface area contributed by atoms with E-state index in [4.69, 9.17) is 9.57 Å². The number of hydrogen-bond acceptors (Lipinski definition) is 3. The monoisotopic (exact) mass is 204 g/mol. The van der Waals surface area contributed by atoms with Gasteiger partial charge in [0.2, 0.25) is 0 Å². The van der Waals surface area contributed by atoms with Gasteiger partial charge in [-0.25, -0.2) is 0 Å². The van der Waals surface area contributed by atoms with Gasteiger partial charge in [0.05, 0.1) is 19.5 Å². The summed E-state index contributed by atoms with van der Waals surface area (Å²) in [5, 5.41) is 3.93. The van der Waals surface area contributed by atoms with Crippen LogP contribution in [0.1, 0.15) is 5.56 Å². The van der Waals surface area contributed by atoms with Gasteiger partial charge in [-0.05, 0) is 23.8 Å². The molecule has 0 aliphatic carbocycles. The van der Waals surface area contributed by atoms with Crippen LogP contribution in [0.4, 0.5) is 0 Å². The van der Waals surface area contributed by atoms with Crippen LogP contribution < -0.4 is 9.57 Å². The molecule has 0 radical (unpaired) electrons. The highest BCUT2D eigenvalue weighted by Gasteiger charge is 1.95. The molecule has 1 heterocycles. The van der Waals surface area contributed by atoms with Crippen molar-refractivity contribution in [1.29, 1.82) is 0 Å². The molecule has 0 N–H and O–H groups in total. The van der Waals surface area contributed by atoms with Gasteiger partial charge in [0, 0.05) is 0 Å². The molecular formula is C11H12N2O2. The van der Waals surface area contributed by atoms with E-state index in [0.717, 1.165) is 11.3 Å². The van der Waals surface area contributed by atoms with Gasteiger partial charge in [-0.1, -0.05) is 12.1 Å². The van der Waals surface area contributed by atoms with Crippen molar-refractivity contribution in [2.24, 2.45) is 0 Å². The second-order valence-corrected chi connectivity index (χ2v) is 3.03. The lowest BCUT2D eigenvalue weighted by Gasteiger charge is -2.05. The minimum absolute atomic E-state index is 0.492. The highest BCUT2D eigenvalue weighted by atomic mass is 16.7. The maximum Gasteiger partial charge on any atom is 0.142 e. The molecule has 78 valence electrons. The number of ether oxygens (including phenoxy) is 1.